The van der Waals surface area contributed by atoms with Gasteiger partial charge in [-0.3, -0.25) is 18.6 Å². The van der Waals surface area contributed by atoms with Gasteiger partial charge >= 0.3 is 13.8 Å². The monoisotopic (exact) mass is 1300 g/mol. The fraction of sp³-hybridized carbons (Fsp3) is 0.901. The Morgan fingerprint density at radius 3 is 1.01 bits per heavy atom. The summed E-state index contributed by atoms with van der Waals surface area (Å²) in [6, 6.07) is -0.845. The molecule has 2 N–H and O–H groups in total. The summed E-state index contributed by atoms with van der Waals surface area (Å²) in [5, 5.41) is 3.09. The van der Waals surface area contributed by atoms with Gasteiger partial charge in [0.05, 0.1) is 33.8 Å². The number of esters is 1. The first-order chi connectivity index (χ1) is 44.4. The Morgan fingerprint density at radius 2 is 0.670 bits per heavy atom. The molecule has 0 aromatic carbocycles. The van der Waals surface area contributed by atoms with Crippen LogP contribution >= 0.6 is 7.82 Å². The number of phosphoric ester groups is 1. The molecule has 0 spiro atoms. The molecule has 0 aromatic heterocycles. The maximum absolute atomic E-state index is 13.7. The molecule has 10 heteroatoms. The molecule has 0 aliphatic rings. The SMILES string of the molecule is CCCCC/C=C\C/C=C\CCCCCCCCCCCCCCCCCCCC(=O)NC(COP(=O)(O)OCC[N+](C)(C)C)C(/C=C/CCCCCCCCCCC)OC(=O)CCCCCCCCCCCCCCCCCCCCCCCCCCCCC. The zero-order chi connectivity index (χ0) is 66.3. The normalized spacial score (nSPS) is 13.5. The van der Waals surface area contributed by atoms with Gasteiger partial charge in [-0.05, 0) is 63.9 Å². The van der Waals surface area contributed by atoms with Gasteiger partial charge in [-0.1, -0.05) is 379 Å². The molecular weight excluding hydrogens is 1140 g/mol. The molecule has 0 rings (SSSR count). The second kappa shape index (κ2) is 71.0. The lowest BCUT2D eigenvalue weighted by Crippen LogP contribution is -2.47. The van der Waals surface area contributed by atoms with Crippen LogP contribution in [0.2, 0.25) is 0 Å². The van der Waals surface area contributed by atoms with E-state index in [0.29, 0.717) is 23.9 Å². The minimum atomic E-state index is -4.45. The Labute approximate surface area is 567 Å². The first kappa shape index (κ1) is 89.2. The molecule has 0 fully saturated rings. The van der Waals surface area contributed by atoms with E-state index in [4.69, 9.17) is 13.8 Å². The van der Waals surface area contributed by atoms with Crippen LogP contribution in [0.15, 0.2) is 36.5 Å². The van der Waals surface area contributed by atoms with E-state index in [0.717, 1.165) is 64.2 Å². The van der Waals surface area contributed by atoms with Crippen molar-refractivity contribution < 1.29 is 37.3 Å². The molecule has 0 saturated heterocycles. The molecule has 538 valence electrons. The van der Waals surface area contributed by atoms with Crippen molar-refractivity contribution in [1.29, 1.82) is 0 Å². The molecule has 0 aliphatic heterocycles. The third-order valence-electron chi connectivity index (χ3n) is 18.6. The number of ether oxygens (including phenoxy) is 1. The molecule has 91 heavy (non-hydrogen) atoms. The minimum Gasteiger partial charge on any atom is -0.456 e. The lowest BCUT2D eigenvalue weighted by molar-refractivity contribution is -0.870. The molecule has 0 heterocycles. The molecule has 0 aliphatic carbocycles. The van der Waals surface area contributed by atoms with Crippen molar-refractivity contribution >= 4 is 19.7 Å². The highest BCUT2D eigenvalue weighted by Gasteiger charge is 2.30. The van der Waals surface area contributed by atoms with E-state index in [1.54, 1.807) is 0 Å². The van der Waals surface area contributed by atoms with Gasteiger partial charge in [-0.2, -0.15) is 0 Å². The highest BCUT2D eigenvalue weighted by Crippen LogP contribution is 2.43. The molecule has 0 saturated carbocycles. The molecule has 0 aromatic rings. The van der Waals surface area contributed by atoms with Crippen LogP contribution in [-0.2, 0) is 27.9 Å². The van der Waals surface area contributed by atoms with Gasteiger partial charge in [0.1, 0.15) is 19.3 Å². The van der Waals surface area contributed by atoms with Crippen LogP contribution < -0.4 is 5.32 Å². The van der Waals surface area contributed by atoms with E-state index in [-0.39, 0.29) is 25.1 Å². The smallest absolute Gasteiger partial charge is 0.456 e. The Balaban J connectivity index is 4.82. The zero-order valence-electron chi connectivity index (χ0n) is 61.9. The number of nitrogens with zero attached hydrogens (tertiary/aromatic N) is 1. The van der Waals surface area contributed by atoms with Crippen molar-refractivity contribution in [3.63, 3.8) is 0 Å². The van der Waals surface area contributed by atoms with Gasteiger partial charge in [0.15, 0.2) is 0 Å². The maximum atomic E-state index is 13.7. The number of unbranched alkanes of at least 4 members (excludes halogenated alkanes) is 55. The molecule has 1 amide bonds. The van der Waals surface area contributed by atoms with Crippen molar-refractivity contribution in [2.45, 2.75) is 431 Å². The average Bonchev–Trinajstić information content (AvgIpc) is 3.08. The number of hydrogen-bond donors (Lipinski definition) is 2. The molecule has 3 unspecified atom stereocenters. The molecule has 0 radical (unpaired) electrons. The van der Waals surface area contributed by atoms with Crippen LogP contribution in [0, 0.1) is 0 Å². The second-order valence-electron chi connectivity index (χ2n) is 29.0. The van der Waals surface area contributed by atoms with E-state index in [9.17, 15) is 19.0 Å². The Kier molecular flexibility index (Phi) is 69.6. The number of nitrogens with one attached hydrogen (secondary N) is 1. The standard InChI is InChI=1S/C81H157N2O7P/c1-7-10-13-16-19-22-25-27-29-31-33-35-37-39-41-43-45-47-49-51-53-55-58-61-64-67-70-73-80(84)82-78(77-89-91(86,87)88-76-75-83(4,5)6)79(72-69-66-63-60-57-24-21-18-15-12-9-3)90-81(85)74-71-68-65-62-59-56-54-52-50-48-46-44-42-40-38-36-34-32-30-28-26-23-20-17-14-11-8-2/h19,22,27,29,69,72,78-79H,7-18,20-21,23-26,28,30-68,70-71,73-77H2,1-6H3,(H-,82,84,86,87)/p+1/b22-19-,29-27-,72-69+. The Morgan fingerprint density at radius 1 is 0.385 bits per heavy atom. The fourth-order valence-corrected chi connectivity index (χ4v) is 13.1. The maximum Gasteiger partial charge on any atom is 0.472 e. The highest BCUT2D eigenvalue weighted by molar-refractivity contribution is 7.47. The number of amides is 1. The summed E-state index contributed by atoms with van der Waals surface area (Å²) in [6.45, 7) is 7.06. The summed E-state index contributed by atoms with van der Waals surface area (Å²) in [4.78, 5) is 38.0. The largest absolute Gasteiger partial charge is 0.472 e. The number of hydrogen-bond acceptors (Lipinski definition) is 6. The van der Waals surface area contributed by atoms with Gasteiger partial charge in [0.2, 0.25) is 5.91 Å². The van der Waals surface area contributed by atoms with Crippen LogP contribution in [0.5, 0.6) is 0 Å². The lowest BCUT2D eigenvalue weighted by Gasteiger charge is -2.27. The summed E-state index contributed by atoms with van der Waals surface area (Å²) in [5.41, 5.74) is 0. The quantitative estimate of drug-likeness (QED) is 0.0205. The van der Waals surface area contributed by atoms with Crippen LogP contribution in [0.25, 0.3) is 0 Å². The van der Waals surface area contributed by atoms with Gasteiger partial charge < -0.3 is 19.4 Å². The fourth-order valence-electron chi connectivity index (χ4n) is 12.4. The number of likely N-dealkylation sites (N-methyl/N-ethyl adjacent to an activating group) is 1. The number of carbonyl (C=O) groups excluding carboxylic acids is 2. The van der Waals surface area contributed by atoms with Crippen LogP contribution in [0.3, 0.4) is 0 Å². The third-order valence-corrected chi connectivity index (χ3v) is 19.6. The van der Waals surface area contributed by atoms with Crippen LogP contribution in [-0.4, -0.2) is 74.3 Å². The van der Waals surface area contributed by atoms with Gasteiger partial charge in [-0.25, -0.2) is 4.57 Å². The minimum absolute atomic E-state index is 0.0440. The predicted molar refractivity (Wildman–Crippen MR) is 397 cm³/mol. The summed E-state index contributed by atoms with van der Waals surface area (Å²) < 4.78 is 30.9. The number of quaternary nitrogens is 1. The Bertz CT molecular complexity index is 1650. The number of carbonyl (C=O) groups is 2. The molecule has 3 atom stereocenters. The first-order valence-corrected chi connectivity index (χ1v) is 41.8. The number of phosphoric acid groups is 1. The average molecular weight is 1300 g/mol. The van der Waals surface area contributed by atoms with Gasteiger partial charge in [0, 0.05) is 12.8 Å². The number of allylic oxidation sites excluding steroid dienone is 5. The molecular formula is C81H158N2O7P+. The van der Waals surface area contributed by atoms with E-state index < -0.39 is 20.0 Å². The summed E-state index contributed by atoms with van der Waals surface area (Å²) in [7, 11) is 1.52. The van der Waals surface area contributed by atoms with E-state index >= 15 is 0 Å². The van der Waals surface area contributed by atoms with E-state index in [1.165, 1.54) is 321 Å². The van der Waals surface area contributed by atoms with Crippen LogP contribution in [0.1, 0.15) is 419 Å². The zero-order valence-corrected chi connectivity index (χ0v) is 62.8. The number of rotatable bonds is 75. The molecule has 0 bridgehead atoms. The lowest BCUT2D eigenvalue weighted by atomic mass is 10.0. The first-order valence-electron chi connectivity index (χ1n) is 40.3. The van der Waals surface area contributed by atoms with E-state index in [2.05, 4.69) is 56.5 Å². The Hall–Kier alpha value is -1.77. The third kappa shape index (κ3) is 72.3. The van der Waals surface area contributed by atoms with Crippen molar-refractivity contribution in [1.82, 2.24) is 5.32 Å². The van der Waals surface area contributed by atoms with Crippen LogP contribution in [0.4, 0.5) is 0 Å². The van der Waals surface area contributed by atoms with Gasteiger partial charge in [0.25, 0.3) is 0 Å². The molecule has 9 nitrogen and oxygen atoms in total. The summed E-state index contributed by atoms with van der Waals surface area (Å²) in [6.07, 6.45) is 90.5. The summed E-state index contributed by atoms with van der Waals surface area (Å²) in [5.74, 6) is -0.479. The topological polar surface area (TPSA) is 111 Å². The van der Waals surface area contributed by atoms with Crippen molar-refractivity contribution in [3.05, 3.63) is 36.5 Å². The van der Waals surface area contributed by atoms with Crippen molar-refractivity contribution in [2.24, 2.45) is 0 Å². The van der Waals surface area contributed by atoms with Crippen molar-refractivity contribution in [3.8, 4) is 0 Å². The summed E-state index contributed by atoms with van der Waals surface area (Å²) >= 11 is 0. The highest BCUT2D eigenvalue weighted by atomic mass is 31.2. The van der Waals surface area contributed by atoms with Crippen molar-refractivity contribution in [2.75, 3.05) is 40.9 Å². The second-order valence-corrected chi connectivity index (χ2v) is 30.4. The predicted octanol–water partition coefficient (Wildman–Crippen LogP) is 26.1. The van der Waals surface area contributed by atoms with Gasteiger partial charge in [-0.15, -0.1) is 0 Å². The van der Waals surface area contributed by atoms with E-state index in [1.807, 2.05) is 27.2 Å².